The second kappa shape index (κ2) is 8.77. The number of benzene rings is 1. The number of carbonyl (C=O) groups is 3. The van der Waals surface area contributed by atoms with Crippen LogP contribution in [0.4, 0.5) is 5.00 Å². The molecule has 3 saturated heterocycles. The van der Waals surface area contributed by atoms with Crippen molar-refractivity contribution in [2.45, 2.75) is 37.6 Å². The highest BCUT2D eigenvalue weighted by atomic mass is 32.2. The second-order valence-corrected chi connectivity index (χ2v) is 11.3. The van der Waals surface area contributed by atoms with Crippen molar-refractivity contribution in [2.24, 2.45) is 0 Å². The molecular weight excluding hydrogens is 458 g/mol. The summed E-state index contributed by atoms with van der Waals surface area (Å²) >= 11 is 3.09. The van der Waals surface area contributed by atoms with Crippen LogP contribution in [0.5, 0.6) is 0 Å². The van der Waals surface area contributed by atoms with Crippen molar-refractivity contribution in [3.05, 3.63) is 41.5 Å². The molecule has 0 aliphatic carbocycles. The van der Waals surface area contributed by atoms with Crippen molar-refractivity contribution in [3.63, 3.8) is 0 Å². The highest BCUT2D eigenvalue weighted by molar-refractivity contribution is 8.01. The van der Waals surface area contributed by atoms with Crippen LogP contribution in [-0.4, -0.2) is 70.5 Å². The Morgan fingerprint density at radius 3 is 2.64 bits per heavy atom. The number of hydrogen-bond donors (Lipinski definition) is 1. The van der Waals surface area contributed by atoms with E-state index in [-0.39, 0.29) is 22.6 Å². The van der Waals surface area contributed by atoms with Crippen LogP contribution in [0.3, 0.4) is 0 Å². The molecular formula is C24H27N3O4S2. The summed E-state index contributed by atoms with van der Waals surface area (Å²) in [5, 5.41) is 3.60. The smallest absolute Gasteiger partial charge is 0.257 e. The van der Waals surface area contributed by atoms with Crippen LogP contribution in [0.25, 0.3) is 10.4 Å². The number of thioether (sulfide) groups is 1. The fourth-order valence-electron chi connectivity index (χ4n) is 4.86. The molecule has 1 aromatic carbocycles. The zero-order valence-electron chi connectivity index (χ0n) is 18.8. The summed E-state index contributed by atoms with van der Waals surface area (Å²) in [7, 11) is 0. The van der Waals surface area contributed by atoms with Crippen molar-refractivity contribution in [1.82, 2.24) is 9.80 Å². The maximum atomic E-state index is 13.5. The normalized spacial score (nSPS) is 24.8. The minimum Gasteiger partial charge on any atom is -0.378 e. The third-order valence-electron chi connectivity index (χ3n) is 6.68. The number of anilines is 1. The zero-order valence-corrected chi connectivity index (χ0v) is 20.4. The van der Waals surface area contributed by atoms with E-state index in [0.29, 0.717) is 49.0 Å². The number of ether oxygens (including phenoxy) is 1. The van der Waals surface area contributed by atoms with Crippen molar-refractivity contribution in [1.29, 1.82) is 0 Å². The second-order valence-electron chi connectivity index (χ2n) is 8.79. The maximum absolute atomic E-state index is 13.5. The Balaban J connectivity index is 1.49. The van der Waals surface area contributed by atoms with Gasteiger partial charge in [0, 0.05) is 30.1 Å². The SMILES string of the molecule is Cc1c(-c2ccccc2)sc(NC(=O)[C@@H]2CS[C@@]3(C)CCC(=O)N23)c1C(=O)N1CCOCC1. The molecule has 33 heavy (non-hydrogen) atoms. The third kappa shape index (κ3) is 3.96. The number of amides is 3. The van der Waals surface area contributed by atoms with E-state index in [0.717, 1.165) is 22.4 Å². The number of hydrogen-bond acceptors (Lipinski definition) is 6. The van der Waals surface area contributed by atoms with Gasteiger partial charge in [-0.15, -0.1) is 23.1 Å². The lowest BCUT2D eigenvalue weighted by molar-refractivity contribution is -0.135. The van der Waals surface area contributed by atoms with Gasteiger partial charge in [0.1, 0.15) is 11.0 Å². The molecule has 9 heteroatoms. The molecule has 3 amide bonds. The predicted octanol–water partition coefficient (Wildman–Crippen LogP) is 3.59. The lowest BCUT2D eigenvalue weighted by atomic mass is 10.1. The van der Waals surface area contributed by atoms with Gasteiger partial charge in [0.25, 0.3) is 5.91 Å². The molecule has 0 unspecified atom stereocenters. The summed E-state index contributed by atoms with van der Waals surface area (Å²) in [5.74, 6) is 0.280. The summed E-state index contributed by atoms with van der Waals surface area (Å²) in [5.41, 5.74) is 2.41. The van der Waals surface area contributed by atoms with E-state index in [1.807, 2.05) is 44.2 Å². The summed E-state index contributed by atoms with van der Waals surface area (Å²) in [6, 6.07) is 9.38. The molecule has 4 heterocycles. The molecule has 3 fully saturated rings. The molecule has 0 bridgehead atoms. The Kier molecular flexibility index (Phi) is 5.96. The molecule has 7 nitrogen and oxygen atoms in total. The lowest BCUT2D eigenvalue weighted by Crippen LogP contribution is -2.48. The van der Waals surface area contributed by atoms with Gasteiger partial charge >= 0.3 is 0 Å². The highest BCUT2D eigenvalue weighted by Crippen LogP contribution is 2.48. The van der Waals surface area contributed by atoms with Crippen LogP contribution in [0.1, 0.15) is 35.7 Å². The van der Waals surface area contributed by atoms with E-state index >= 15 is 0 Å². The molecule has 5 rings (SSSR count). The molecule has 1 aromatic heterocycles. The Morgan fingerprint density at radius 2 is 1.91 bits per heavy atom. The van der Waals surface area contributed by atoms with E-state index < -0.39 is 6.04 Å². The number of morpholine rings is 1. The topological polar surface area (TPSA) is 79.0 Å². The molecule has 2 atom stereocenters. The molecule has 0 spiro atoms. The fraction of sp³-hybridized carbons (Fsp3) is 0.458. The van der Waals surface area contributed by atoms with Crippen LogP contribution in [0.2, 0.25) is 0 Å². The molecule has 174 valence electrons. The van der Waals surface area contributed by atoms with Crippen LogP contribution in [-0.2, 0) is 14.3 Å². The van der Waals surface area contributed by atoms with E-state index in [1.165, 1.54) is 11.3 Å². The van der Waals surface area contributed by atoms with Crippen LogP contribution < -0.4 is 5.32 Å². The van der Waals surface area contributed by atoms with Gasteiger partial charge in [0.05, 0.1) is 23.6 Å². The van der Waals surface area contributed by atoms with Crippen LogP contribution in [0, 0.1) is 6.92 Å². The standard InChI is InChI=1S/C24H27N3O4S2/c1-15-19(23(30)26-10-12-31-13-11-26)22(33-20(15)16-6-4-3-5-7-16)25-21(29)17-14-32-24(2)9-8-18(28)27(17)24/h3-7,17H,8-14H2,1-2H3,(H,25,29)/t17-,24-/m0/s1. The number of nitrogens with one attached hydrogen (secondary N) is 1. The number of thiophene rings is 1. The molecule has 3 aliphatic heterocycles. The van der Waals surface area contributed by atoms with Crippen LogP contribution in [0.15, 0.2) is 30.3 Å². The van der Waals surface area contributed by atoms with Gasteiger partial charge in [-0.05, 0) is 31.4 Å². The van der Waals surface area contributed by atoms with Gasteiger partial charge in [-0.2, -0.15) is 0 Å². The quantitative estimate of drug-likeness (QED) is 0.716. The van der Waals surface area contributed by atoms with Gasteiger partial charge in [-0.3, -0.25) is 14.4 Å². The molecule has 1 N–H and O–H groups in total. The average Bonchev–Trinajstić information content (AvgIpc) is 3.45. The summed E-state index contributed by atoms with van der Waals surface area (Å²) in [6.45, 7) is 6.05. The van der Waals surface area contributed by atoms with Gasteiger partial charge in [-0.1, -0.05) is 30.3 Å². The average molecular weight is 486 g/mol. The van der Waals surface area contributed by atoms with Crippen molar-refractivity contribution in [2.75, 3.05) is 37.4 Å². The highest BCUT2D eigenvalue weighted by Gasteiger charge is 2.53. The van der Waals surface area contributed by atoms with Gasteiger partial charge < -0.3 is 19.9 Å². The summed E-state index contributed by atoms with van der Waals surface area (Å²) < 4.78 is 5.41. The molecule has 0 saturated carbocycles. The first kappa shape index (κ1) is 22.4. The summed E-state index contributed by atoms with van der Waals surface area (Å²) in [6.07, 6.45) is 1.24. The van der Waals surface area contributed by atoms with Gasteiger partial charge in [-0.25, -0.2) is 0 Å². The van der Waals surface area contributed by atoms with Gasteiger partial charge in [0.2, 0.25) is 11.8 Å². The maximum Gasteiger partial charge on any atom is 0.257 e. The van der Waals surface area contributed by atoms with Crippen LogP contribution >= 0.6 is 23.1 Å². The Hall–Kier alpha value is -2.36. The molecule has 2 aromatic rings. The number of carbonyl (C=O) groups excluding carboxylic acids is 3. The first-order valence-electron chi connectivity index (χ1n) is 11.2. The van der Waals surface area contributed by atoms with Crippen molar-refractivity contribution < 1.29 is 19.1 Å². The first-order valence-corrected chi connectivity index (χ1v) is 13.0. The largest absolute Gasteiger partial charge is 0.378 e. The van der Waals surface area contributed by atoms with Crippen molar-refractivity contribution >= 4 is 45.8 Å². The Morgan fingerprint density at radius 1 is 1.18 bits per heavy atom. The van der Waals surface area contributed by atoms with E-state index in [9.17, 15) is 14.4 Å². The minimum atomic E-state index is -0.524. The van der Waals surface area contributed by atoms with E-state index in [1.54, 1.807) is 21.6 Å². The number of rotatable bonds is 4. The fourth-order valence-corrected chi connectivity index (χ4v) is 7.50. The minimum absolute atomic E-state index is 0.0274. The van der Waals surface area contributed by atoms with E-state index in [2.05, 4.69) is 5.32 Å². The Bertz CT molecular complexity index is 1100. The zero-order chi connectivity index (χ0) is 23.2. The van der Waals surface area contributed by atoms with Gasteiger partial charge in [0.15, 0.2) is 0 Å². The first-order chi connectivity index (χ1) is 15.9. The molecule has 0 radical (unpaired) electrons. The van der Waals surface area contributed by atoms with Crippen molar-refractivity contribution in [3.8, 4) is 10.4 Å². The van der Waals surface area contributed by atoms with E-state index in [4.69, 9.17) is 4.74 Å². The number of fused-ring (bicyclic) bond motifs is 1. The lowest BCUT2D eigenvalue weighted by Gasteiger charge is -2.30. The predicted molar refractivity (Wildman–Crippen MR) is 131 cm³/mol. The molecule has 3 aliphatic rings. The third-order valence-corrected chi connectivity index (χ3v) is 9.44. The monoisotopic (exact) mass is 485 g/mol. The number of nitrogens with zero attached hydrogens (tertiary/aromatic N) is 2. The Labute approximate surface area is 201 Å². The summed E-state index contributed by atoms with van der Waals surface area (Å²) in [4.78, 5) is 43.6.